The Morgan fingerprint density at radius 3 is 2.32 bits per heavy atom. The first kappa shape index (κ1) is 16.3. The molecule has 0 aromatic heterocycles. The molecule has 0 aliphatic heterocycles. The number of alkyl halides is 3. The molecule has 0 radical (unpaired) electrons. The molecule has 3 N–H and O–H groups in total. The summed E-state index contributed by atoms with van der Waals surface area (Å²) in [5.74, 6) is -1.67. The Balaban J connectivity index is 2.56. The van der Waals surface area contributed by atoms with Gasteiger partial charge >= 0.3 is 6.18 Å². The van der Waals surface area contributed by atoms with Gasteiger partial charge in [0.25, 0.3) is 0 Å². The first-order valence-corrected chi connectivity index (χ1v) is 6.64. The molecule has 19 heavy (non-hydrogen) atoms. The summed E-state index contributed by atoms with van der Waals surface area (Å²) < 4.78 is 38.0. The Morgan fingerprint density at radius 1 is 1.26 bits per heavy atom. The SMILES string of the molecule is CC(C)(C)[C@@H](N)C(=O)NC1CCCC(C(F)(F)F)C1. The molecule has 3 atom stereocenters. The molecule has 0 heterocycles. The van der Waals surface area contributed by atoms with E-state index in [9.17, 15) is 18.0 Å². The van der Waals surface area contributed by atoms with Crippen LogP contribution in [0.5, 0.6) is 0 Å². The van der Waals surface area contributed by atoms with E-state index in [-0.39, 0.29) is 18.7 Å². The van der Waals surface area contributed by atoms with Gasteiger partial charge in [0, 0.05) is 6.04 Å². The van der Waals surface area contributed by atoms with Crippen LogP contribution < -0.4 is 11.1 Å². The van der Waals surface area contributed by atoms with Crippen molar-refractivity contribution in [2.24, 2.45) is 17.1 Å². The van der Waals surface area contributed by atoms with E-state index < -0.39 is 29.6 Å². The second-order valence-electron chi connectivity index (χ2n) is 6.45. The smallest absolute Gasteiger partial charge is 0.352 e. The number of halogens is 3. The summed E-state index contributed by atoms with van der Waals surface area (Å²) >= 11 is 0. The molecule has 6 heteroatoms. The fourth-order valence-electron chi connectivity index (χ4n) is 2.30. The van der Waals surface area contributed by atoms with Crippen molar-refractivity contribution in [3.63, 3.8) is 0 Å². The van der Waals surface area contributed by atoms with E-state index in [1.807, 2.05) is 20.8 Å². The predicted octanol–water partition coefficient (Wildman–Crippen LogP) is 2.60. The summed E-state index contributed by atoms with van der Waals surface area (Å²) in [4.78, 5) is 11.9. The number of hydrogen-bond acceptors (Lipinski definition) is 2. The number of rotatable bonds is 2. The van der Waals surface area contributed by atoms with Crippen molar-refractivity contribution in [2.45, 2.75) is 64.7 Å². The van der Waals surface area contributed by atoms with Gasteiger partial charge in [-0.2, -0.15) is 13.2 Å². The Kier molecular flexibility index (Phi) is 4.87. The molecule has 0 bridgehead atoms. The van der Waals surface area contributed by atoms with Gasteiger partial charge in [0.2, 0.25) is 5.91 Å². The van der Waals surface area contributed by atoms with Crippen molar-refractivity contribution in [1.29, 1.82) is 0 Å². The quantitative estimate of drug-likeness (QED) is 0.817. The van der Waals surface area contributed by atoms with Crippen LogP contribution in [-0.4, -0.2) is 24.2 Å². The van der Waals surface area contributed by atoms with Crippen LogP contribution in [0.15, 0.2) is 0 Å². The van der Waals surface area contributed by atoms with Gasteiger partial charge in [-0.05, 0) is 24.7 Å². The van der Waals surface area contributed by atoms with E-state index >= 15 is 0 Å². The van der Waals surface area contributed by atoms with Gasteiger partial charge in [-0.1, -0.05) is 27.2 Å². The predicted molar refractivity (Wildman–Crippen MR) is 67.4 cm³/mol. The highest BCUT2D eigenvalue weighted by Crippen LogP contribution is 2.37. The highest BCUT2D eigenvalue weighted by atomic mass is 19.4. The molecule has 3 nitrogen and oxygen atoms in total. The van der Waals surface area contributed by atoms with Crippen molar-refractivity contribution in [1.82, 2.24) is 5.32 Å². The summed E-state index contributed by atoms with van der Waals surface area (Å²) in [6, 6.07) is -1.12. The molecular formula is C13H23F3N2O. The molecule has 1 aliphatic rings. The van der Waals surface area contributed by atoms with Crippen LogP contribution >= 0.6 is 0 Å². The zero-order valence-electron chi connectivity index (χ0n) is 11.7. The molecule has 1 saturated carbocycles. The third-order valence-electron chi connectivity index (χ3n) is 3.70. The van der Waals surface area contributed by atoms with Gasteiger partial charge in [-0.25, -0.2) is 0 Å². The van der Waals surface area contributed by atoms with Crippen molar-refractivity contribution in [3.8, 4) is 0 Å². The fraction of sp³-hybridized carbons (Fsp3) is 0.923. The lowest BCUT2D eigenvalue weighted by Gasteiger charge is -2.33. The monoisotopic (exact) mass is 280 g/mol. The molecule has 0 aromatic rings. The lowest BCUT2D eigenvalue weighted by atomic mass is 9.83. The van der Waals surface area contributed by atoms with Crippen LogP contribution in [0.25, 0.3) is 0 Å². The summed E-state index contributed by atoms with van der Waals surface area (Å²) in [7, 11) is 0. The second-order valence-corrected chi connectivity index (χ2v) is 6.45. The van der Waals surface area contributed by atoms with E-state index in [1.54, 1.807) is 0 Å². The Hall–Kier alpha value is -0.780. The first-order valence-electron chi connectivity index (χ1n) is 6.64. The van der Waals surface area contributed by atoms with Gasteiger partial charge in [0.15, 0.2) is 0 Å². The maximum absolute atomic E-state index is 12.7. The van der Waals surface area contributed by atoms with Crippen LogP contribution in [0.3, 0.4) is 0 Å². The molecule has 0 spiro atoms. The molecule has 1 amide bonds. The van der Waals surface area contributed by atoms with Crippen LogP contribution in [0.1, 0.15) is 46.5 Å². The van der Waals surface area contributed by atoms with Gasteiger partial charge in [0.1, 0.15) is 0 Å². The number of carbonyl (C=O) groups excluding carboxylic acids is 1. The summed E-state index contributed by atoms with van der Waals surface area (Å²) in [6.07, 6.45) is -2.97. The van der Waals surface area contributed by atoms with Crippen LogP contribution in [-0.2, 0) is 4.79 Å². The van der Waals surface area contributed by atoms with Gasteiger partial charge in [-0.3, -0.25) is 4.79 Å². The highest BCUT2D eigenvalue weighted by Gasteiger charge is 2.42. The Bertz CT molecular complexity index is 323. The number of hydrogen-bond donors (Lipinski definition) is 2. The number of carbonyl (C=O) groups is 1. The Labute approximate surface area is 112 Å². The van der Waals surface area contributed by atoms with E-state index in [2.05, 4.69) is 5.32 Å². The van der Waals surface area contributed by atoms with Crippen LogP contribution in [0.2, 0.25) is 0 Å². The molecule has 1 rings (SSSR count). The maximum Gasteiger partial charge on any atom is 0.391 e. The number of nitrogens with one attached hydrogen (secondary N) is 1. The van der Waals surface area contributed by atoms with Crippen LogP contribution in [0, 0.1) is 11.3 Å². The minimum Gasteiger partial charge on any atom is -0.352 e. The van der Waals surface area contributed by atoms with Crippen LogP contribution in [0.4, 0.5) is 13.2 Å². The summed E-state index contributed by atoms with van der Waals surface area (Å²) in [5.41, 5.74) is 5.40. The second kappa shape index (κ2) is 5.69. The fourth-order valence-corrected chi connectivity index (χ4v) is 2.30. The van der Waals surface area contributed by atoms with E-state index in [0.29, 0.717) is 12.8 Å². The summed E-state index contributed by atoms with van der Waals surface area (Å²) in [5, 5.41) is 2.66. The van der Waals surface area contributed by atoms with Crippen molar-refractivity contribution < 1.29 is 18.0 Å². The average Bonchev–Trinajstić information content (AvgIpc) is 2.26. The number of nitrogens with two attached hydrogens (primary N) is 1. The lowest BCUT2D eigenvalue weighted by Crippen LogP contribution is -2.52. The molecule has 112 valence electrons. The zero-order chi connectivity index (χ0) is 14.8. The normalized spacial score (nSPS) is 26.9. The standard InChI is InChI=1S/C13H23F3N2O/c1-12(2,3)10(17)11(19)18-9-6-4-5-8(7-9)13(14,15)16/h8-10H,4-7,17H2,1-3H3,(H,18,19)/t8?,9?,10-/m0/s1. The van der Waals surface area contributed by atoms with Gasteiger partial charge in [0.05, 0.1) is 12.0 Å². The summed E-state index contributed by atoms with van der Waals surface area (Å²) in [6.45, 7) is 5.49. The van der Waals surface area contributed by atoms with Gasteiger partial charge in [-0.15, -0.1) is 0 Å². The molecule has 2 unspecified atom stereocenters. The Morgan fingerprint density at radius 2 is 1.84 bits per heavy atom. The van der Waals surface area contributed by atoms with E-state index in [0.717, 1.165) is 0 Å². The minimum atomic E-state index is -4.17. The average molecular weight is 280 g/mol. The lowest BCUT2D eigenvalue weighted by molar-refractivity contribution is -0.184. The molecule has 0 aromatic carbocycles. The maximum atomic E-state index is 12.7. The third kappa shape index (κ3) is 4.67. The van der Waals surface area contributed by atoms with Crippen molar-refractivity contribution in [2.75, 3.05) is 0 Å². The minimum absolute atomic E-state index is 0.0356. The molecular weight excluding hydrogens is 257 g/mol. The first-order chi connectivity index (χ1) is 8.51. The van der Waals surface area contributed by atoms with E-state index in [4.69, 9.17) is 5.73 Å². The topological polar surface area (TPSA) is 55.1 Å². The largest absolute Gasteiger partial charge is 0.391 e. The van der Waals surface area contributed by atoms with Gasteiger partial charge < -0.3 is 11.1 Å². The van der Waals surface area contributed by atoms with Crippen molar-refractivity contribution in [3.05, 3.63) is 0 Å². The molecule has 1 fully saturated rings. The highest BCUT2D eigenvalue weighted by molar-refractivity contribution is 5.82. The zero-order valence-corrected chi connectivity index (χ0v) is 11.7. The number of amides is 1. The third-order valence-corrected chi connectivity index (χ3v) is 3.70. The molecule has 1 aliphatic carbocycles. The van der Waals surface area contributed by atoms with Crippen molar-refractivity contribution >= 4 is 5.91 Å². The molecule has 0 saturated heterocycles. The van der Waals surface area contributed by atoms with E-state index in [1.165, 1.54) is 0 Å².